The Kier molecular flexibility index (Phi) is 9.97. The molecule has 0 radical (unpaired) electrons. The molecule has 0 fully saturated rings. The van der Waals surface area contributed by atoms with Crippen molar-refractivity contribution in [1.82, 2.24) is 10.6 Å². The minimum Gasteiger partial charge on any atom is -0.480 e. The van der Waals surface area contributed by atoms with Crippen LogP contribution in [0.15, 0.2) is 5.11 Å². The Morgan fingerprint density at radius 2 is 1.96 bits per heavy atom. The summed E-state index contributed by atoms with van der Waals surface area (Å²) in [6.45, 7) is 5.55. The maximum Gasteiger partial charge on any atom is 0.408 e. The second kappa shape index (κ2) is 11.1. The van der Waals surface area contributed by atoms with Gasteiger partial charge in [-0.05, 0) is 45.6 Å². The minimum atomic E-state index is -1.14. The molecule has 0 rings (SSSR count). The average molecular weight is 343 g/mol. The third-order valence-electron chi connectivity index (χ3n) is 2.73. The van der Waals surface area contributed by atoms with E-state index in [1.807, 2.05) is 0 Å². The van der Waals surface area contributed by atoms with Crippen molar-refractivity contribution in [2.45, 2.75) is 58.1 Å². The minimum absolute atomic E-state index is 0.100. The molecule has 10 heteroatoms. The summed E-state index contributed by atoms with van der Waals surface area (Å²) < 4.78 is 5.02. The number of nitrogens with zero attached hydrogens (tertiary/aromatic N) is 3. The van der Waals surface area contributed by atoms with Gasteiger partial charge >= 0.3 is 12.1 Å². The Hall–Kier alpha value is -2.48. The Bertz CT molecular complexity index is 482. The average Bonchev–Trinajstić information content (AvgIpc) is 2.43. The topological polar surface area (TPSA) is 153 Å². The normalized spacial score (nSPS) is 11.8. The molecule has 0 aromatic heterocycles. The fourth-order valence-electron chi connectivity index (χ4n) is 1.69. The SMILES string of the molecule is CC(C)(C)OC(=O)N[C@@H](CCCCNC(=O)CCN=[N+]=[N-])C(=O)O. The number of hydrogen-bond donors (Lipinski definition) is 3. The first-order valence-electron chi connectivity index (χ1n) is 7.65. The van der Waals surface area contributed by atoms with E-state index in [1.165, 1.54) is 0 Å². The van der Waals surface area contributed by atoms with Crippen molar-refractivity contribution in [3.63, 3.8) is 0 Å². The summed E-state index contributed by atoms with van der Waals surface area (Å²) in [6.07, 6.45) is 0.628. The maximum atomic E-state index is 11.6. The van der Waals surface area contributed by atoms with Crippen LogP contribution >= 0.6 is 0 Å². The van der Waals surface area contributed by atoms with Gasteiger partial charge in [0.15, 0.2) is 0 Å². The number of carbonyl (C=O) groups is 3. The van der Waals surface area contributed by atoms with Crippen molar-refractivity contribution in [2.24, 2.45) is 5.11 Å². The number of hydrogen-bond acceptors (Lipinski definition) is 5. The molecule has 0 unspecified atom stereocenters. The molecule has 0 aromatic rings. The van der Waals surface area contributed by atoms with Crippen molar-refractivity contribution < 1.29 is 24.2 Å². The lowest BCUT2D eigenvalue weighted by molar-refractivity contribution is -0.139. The summed E-state index contributed by atoms with van der Waals surface area (Å²) in [4.78, 5) is 36.6. The fraction of sp³-hybridized carbons (Fsp3) is 0.786. The van der Waals surface area contributed by atoms with Crippen molar-refractivity contribution >= 4 is 18.0 Å². The molecule has 0 saturated carbocycles. The molecule has 0 aliphatic rings. The van der Waals surface area contributed by atoms with Gasteiger partial charge in [0.05, 0.1) is 0 Å². The summed E-state index contributed by atoms with van der Waals surface area (Å²) >= 11 is 0. The molecule has 136 valence electrons. The number of carbonyl (C=O) groups excluding carboxylic acids is 2. The molecular formula is C14H25N5O5. The summed E-state index contributed by atoms with van der Waals surface area (Å²) in [7, 11) is 0. The summed E-state index contributed by atoms with van der Waals surface area (Å²) in [5.41, 5.74) is 7.39. The van der Waals surface area contributed by atoms with Gasteiger partial charge in [-0.25, -0.2) is 9.59 Å². The molecule has 0 heterocycles. The van der Waals surface area contributed by atoms with Gasteiger partial charge in [0.1, 0.15) is 11.6 Å². The number of ether oxygens (including phenoxy) is 1. The highest BCUT2D eigenvalue weighted by molar-refractivity contribution is 5.80. The van der Waals surface area contributed by atoms with Crippen LogP contribution < -0.4 is 10.6 Å². The van der Waals surface area contributed by atoms with Crippen molar-refractivity contribution in [2.75, 3.05) is 13.1 Å². The van der Waals surface area contributed by atoms with E-state index in [0.29, 0.717) is 19.4 Å². The Balaban J connectivity index is 4.02. The lowest BCUT2D eigenvalue weighted by Gasteiger charge is -2.22. The third kappa shape index (κ3) is 12.1. The number of azide groups is 1. The zero-order valence-corrected chi connectivity index (χ0v) is 14.2. The van der Waals surface area contributed by atoms with E-state index in [4.69, 9.17) is 15.4 Å². The molecule has 2 amide bonds. The van der Waals surface area contributed by atoms with Crippen LogP contribution in [0.2, 0.25) is 0 Å². The molecule has 0 saturated heterocycles. The molecule has 24 heavy (non-hydrogen) atoms. The monoisotopic (exact) mass is 343 g/mol. The van der Waals surface area contributed by atoms with E-state index in [2.05, 4.69) is 20.7 Å². The standard InChI is InChI=1S/C14H25N5O5/c1-14(2,3)24-13(23)18-10(12(21)22)6-4-5-8-16-11(20)7-9-17-19-15/h10H,4-9H2,1-3H3,(H,16,20)(H,18,23)(H,21,22)/t10-/m0/s1. The summed E-state index contributed by atoms with van der Waals surface area (Å²) in [6, 6.07) is -1.04. The van der Waals surface area contributed by atoms with Crippen LogP contribution in [0.3, 0.4) is 0 Å². The van der Waals surface area contributed by atoms with Gasteiger partial charge in [0.2, 0.25) is 5.91 Å². The number of alkyl carbamates (subject to hydrolysis) is 1. The van der Waals surface area contributed by atoms with Crippen molar-refractivity contribution in [3.8, 4) is 0 Å². The van der Waals surface area contributed by atoms with Crippen molar-refractivity contribution in [1.29, 1.82) is 0 Å². The fourth-order valence-corrected chi connectivity index (χ4v) is 1.69. The summed E-state index contributed by atoms with van der Waals surface area (Å²) in [5, 5.41) is 17.3. The Labute approximate surface area is 140 Å². The zero-order chi connectivity index (χ0) is 18.6. The highest BCUT2D eigenvalue weighted by Crippen LogP contribution is 2.08. The third-order valence-corrected chi connectivity index (χ3v) is 2.73. The highest BCUT2D eigenvalue weighted by Gasteiger charge is 2.23. The first-order valence-corrected chi connectivity index (χ1v) is 7.65. The van der Waals surface area contributed by atoms with Gasteiger partial charge in [-0.1, -0.05) is 5.11 Å². The highest BCUT2D eigenvalue weighted by atomic mass is 16.6. The molecule has 0 aliphatic heterocycles. The predicted octanol–water partition coefficient (Wildman–Crippen LogP) is 1.95. The van der Waals surface area contributed by atoms with Crippen LogP contribution in [0.5, 0.6) is 0 Å². The van der Waals surface area contributed by atoms with Gasteiger partial charge in [-0.3, -0.25) is 4.79 Å². The number of unbranched alkanes of at least 4 members (excludes halogenated alkanes) is 1. The lowest BCUT2D eigenvalue weighted by atomic mass is 10.1. The largest absolute Gasteiger partial charge is 0.480 e. The van der Waals surface area contributed by atoms with Gasteiger partial charge < -0.3 is 20.5 Å². The second-order valence-corrected chi connectivity index (χ2v) is 6.09. The van der Waals surface area contributed by atoms with Crippen LogP contribution in [-0.4, -0.2) is 47.8 Å². The maximum absolute atomic E-state index is 11.6. The van der Waals surface area contributed by atoms with E-state index in [0.717, 1.165) is 0 Å². The van der Waals surface area contributed by atoms with Crippen LogP contribution in [0.4, 0.5) is 4.79 Å². The first kappa shape index (κ1) is 21.5. The molecule has 0 bridgehead atoms. The van der Waals surface area contributed by atoms with E-state index >= 15 is 0 Å². The molecule has 1 atom stereocenters. The molecule has 0 spiro atoms. The van der Waals surface area contributed by atoms with Gasteiger partial charge in [0.25, 0.3) is 0 Å². The first-order chi connectivity index (χ1) is 11.2. The molecule has 3 N–H and O–H groups in total. The van der Waals surface area contributed by atoms with Crippen LogP contribution in [0.25, 0.3) is 10.4 Å². The Morgan fingerprint density at radius 1 is 1.29 bits per heavy atom. The van der Waals surface area contributed by atoms with Crippen LogP contribution in [0.1, 0.15) is 46.5 Å². The molecule has 10 nitrogen and oxygen atoms in total. The zero-order valence-electron chi connectivity index (χ0n) is 14.2. The quantitative estimate of drug-likeness (QED) is 0.239. The lowest BCUT2D eigenvalue weighted by Crippen LogP contribution is -2.43. The van der Waals surface area contributed by atoms with Crippen molar-refractivity contribution in [3.05, 3.63) is 10.4 Å². The van der Waals surface area contributed by atoms with Gasteiger partial charge in [0, 0.05) is 24.4 Å². The second-order valence-electron chi connectivity index (χ2n) is 6.09. The van der Waals surface area contributed by atoms with E-state index in [1.54, 1.807) is 20.8 Å². The molecule has 0 aliphatic carbocycles. The van der Waals surface area contributed by atoms with Crippen LogP contribution in [-0.2, 0) is 14.3 Å². The van der Waals surface area contributed by atoms with E-state index in [-0.39, 0.29) is 25.3 Å². The van der Waals surface area contributed by atoms with E-state index in [9.17, 15) is 14.4 Å². The number of carboxylic acid groups (broad SMARTS) is 1. The number of rotatable bonds is 10. The number of amides is 2. The number of aliphatic carboxylic acids is 1. The summed E-state index contributed by atoms with van der Waals surface area (Å²) in [5.74, 6) is -1.37. The van der Waals surface area contributed by atoms with E-state index < -0.39 is 23.7 Å². The number of nitrogens with one attached hydrogen (secondary N) is 2. The predicted molar refractivity (Wildman–Crippen MR) is 86.3 cm³/mol. The smallest absolute Gasteiger partial charge is 0.408 e. The molecule has 0 aromatic carbocycles. The van der Waals surface area contributed by atoms with Gasteiger partial charge in [-0.15, -0.1) is 0 Å². The van der Waals surface area contributed by atoms with Gasteiger partial charge in [-0.2, -0.15) is 0 Å². The molecular weight excluding hydrogens is 318 g/mol. The van der Waals surface area contributed by atoms with Crippen LogP contribution in [0, 0.1) is 0 Å². The number of carboxylic acids is 1. The Morgan fingerprint density at radius 3 is 2.50 bits per heavy atom.